The monoisotopic (exact) mass is 440 g/mol. The molecule has 2 aromatic carbocycles. The highest BCUT2D eigenvalue weighted by Gasteiger charge is 2.32. The second kappa shape index (κ2) is 8.70. The third-order valence-electron chi connectivity index (χ3n) is 5.85. The van der Waals surface area contributed by atoms with E-state index in [9.17, 15) is 8.78 Å². The second-order valence-corrected chi connectivity index (χ2v) is 7.86. The number of aromatic nitrogens is 2. The van der Waals surface area contributed by atoms with Gasteiger partial charge in [-0.15, -0.1) is 0 Å². The smallest absolute Gasteiger partial charge is 0.322 e. The molecule has 2 atom stereocenters. The van der Waals surface area contributed by atoms with Crippen LogP contribution < -0.4 is 14.2 Å². The summed E-state index contributed by atoms with van der Waals surface area (Å²) in [6, 6.07) is 8.65. The van der Waals surface area contributed by atoms with Gasteiger partial charge in [0.25, 0.3) is 0 Å². The minimum Gasteiger partial charge on any atom is -0.493 e. The van der Waals surface area contributed by atoms with Crippen LogP contribution in [0.2, 0.25) is 0 Å². The third kappa shape index (κ3) is 3.98. The Hall–Kier alpha value is -3.26. The first-order valence-electron chi connectivity index (χ1n) is 10.5. The first-order valence-corrected chi connectivity index (χ1v) is 10.5. The van der Waals surface area contributed by atoms with E-state index in [0.29, 0.717) is 54.6 Å². The molecule has 0 saturated carbocycles. The standard InChI is InChI=1S/C24H22F2N2O4/c1-29-9-8-14-13-30-22-10-16(2-3-17(14)22)31-21-6-4-18-20(7-5-19(26)23(18)21)32-24-27-11-15(25)12-28-24/h2-3,5,7,10-12,14,21H,4,6,8-9,13H2,1H3. The summed E-state index contributed by atoms with van der Waals surface area (Å²) in [4.78, 5) is 7.62. The Bertz CT molecular complexity index is 1120. The number of ether oxygens (including phenoxy) is 4. The van der Waals surface area contributed by atoms with Gasteiger partial charge in [-0.25, -0.2) is 18.7 Å². The molecule has 2 aliphatic rings. The van der Waals surface area contributed by atoms with Crippen molar-refractivity contribution in [1.82, 2.24) is 9.97 Å². The molecule has 0 amide bonds. The minimum atomic E-state index is -0.557. The number of hydrogen-bond acceptors (Lipinski definition) is 6. The molecule has 166 valence electrons. The van der Waals surface area contributed by atoms with Gasteiger partial charge in [-0.1, -0.05) is 6.07 Å². The number of rotatable bonds is 7. The minimum absolute atomic E-state index is 0.00312. The summed E-state index contributed by atoms with van der Waals surface area (Å²) in [7, 11) is 1.69. The van der Waals surface area contributed by atoms with Crippen LogP contribution in [-0.2, 0) is 11.2 Å². The van der Waals surface area contributed by atoms with Gasteiger partial charge in [0.2, 0.25) is 0 Å². The zero-order chi connectivity index (χ0) is 22.1. The Morgan fingerprint density at radius 1 is 1.12 bits per heavy atom. The van der Waals surface area contributed by atoms with E-state index in [4.69, 9.17) is 18.9 Å². The molecule has 0 N–H and O–H groups in total. The fourth-order valence-electron chi connectivity index (χ4n) is 4.30. The molecule has 8 heteroatoms. The maximum absolute atomic E-state index is 14.8. The molecule has 0 spiro atoms. The van der Waals surface area contributed by atoms with Crippen LogP contribution in [0, 0.1) is 11.6 Å². The zero-order valence-corrected chi connectivity index (χ0v) is 17.5. The summed E-state index contributed by atoms with van der Waals surface area (Å²) >= 11 is 0. The molecule has 2 unspecified atom stereocenters. The van der Waals surface area contributed by atoms with Crippen molar-refractivity contribution in [3.05, 3.63) is 71.1 Å². The SMILES string of the molecule is COCCC1COc2cc(OC3CCc4c(Oc5ncc(F)cn5)ccc(F)c43)ccc21. The summed E-state index contributed by atoms with van der Waals surface area (Å²) in [5.74, 6) is 1.26. The topological polar surface area (TPSA) is 62.7 Å². The van der Waals surface area contributed by atoms with Crippen LogP contribution in [0.5, 0.6) is 23.3 Å². The van der Waals surface area contributed by atoms with Crippen molar-refractivity contribution in [2.24, 2.45) is 0 Å². The number of nitrogens with zero attached hydrogens (tertiary/aromatic N) is 2. The molecular formula is C24H22F2N2O4. The normalized spacial score (nSPS) is 18.7. The van der Waals surface area contributed by atoms with Crippen molar-refractivity contribution >= 4 is 0 Å². The Balaban J connectivity index is 1.35. The summed E-state index contributed by atoms with van der Waals surface area (Å²) in [6.07, 6.45) is 3.67. The molecule has 0 radical (unpaired) electrons. The van der Waals surface area contributed by atoms with Crippen LogP contribution in [0.1, 0.15) is 41.6 Å². The van der Waals surface area contributed by atoms with E-state index < -0.39 is 11.9 Å². The molecule has 5 rings (SSSR count). The molecule has 0 saturated heterocycles. The number of halogens is 2. The van der Waals surface area contributed by atoms with Gasteiger partial charge in [0.15, 0.2) is 5.82 Å². The van der Waals surface area contributed by atoms with Crippen LogP contribution in [0.15, 0.2) is 42.7 Å². The zero-order valence-electron chi connectivity index (χ0n) is 17.5. The third-order valence-corrected chi connectivity index (χ3v) is 5.85. The summed E-state index contributed by atoms with van der Waals surface area (Å²) in [6.45, 7) is 1.30. The molecule has 1 aliphatic carbocycles. The summed E-state index contributed by atoms with van der Waals surface area (Å²) in [5, 5.41) is 0. The summed E-state index contributed by atoms with van der Waals surface area (Å²) in [5.41, 5.74) is 2.31. The average Bonchev–Trinajstić information content (AvgIpc) is 3.40. The maximum Gasteiger partial charge on any atom is 0.322 e. The van der Waals surface area contributed by atoms with Crippen LogP contribution in [0.25, 0.3) is 0 Å². The highest BCUT2D eigenvalue weighted by Crippen LogP contribution is 2.44. The fraction of sp³-hybridized carbons (Fsp3) is 0.333. The van der Waals surface area contributed by atoms with Crippen molar-refractivity contribution < 1.29 is 27.7 Å². The van der Waals surface area contributed by atoms with Crippen molar-refractivity contribution in [2.75, 3.05) is 20.3 Å². The molecule has 2 heterocycles. The number of benzene rings is 2. The van der Waals surface area contributed by atoms with Crippen molar-refractivity contribution in [1.29, 1.82) is 0 Å². The quantitative estimate of drug-likeness (QED) is 0.508. The van der Waals surface area contributed by atoms with Gasteiger partial charge in [0.05, 0.1) is 19.0 Å². The lowest BCUT2D eigenvalue weighted by molar-refractivity contribution is 0.181. The lowest BCUT2D eigenvalue weighted by atomic mass is 9.98. The van der Waals surface area contributed by atoms with Crippen molar-refractivity contribution in [3.8, 4) is 23.3 Å². The van der Waals surface area contributed by atoms with Gasteiger partial charge in [-0.3, -0.25) is 0 Å². The predicted octanol–water partition coefficient (Wildman–Crippen LogP) is 5.13. The van der Waals surface area contributed by atoms with Gasteiger partial charge >= 0.3 is 6.01 Å². The highest BCUT2D eigenvalue weighted by atomic mass is 19.1. The van der Waals surface area contributed by atoms with Gasteiger partial charge < -0.3 is 18.9 Å². The Morgan fingerprint density at radius 2 is 1.97 bits per heavy atom. The van der Waals surface area contributed by atoms with Gasteiger partial charge in [0, 0.05) is 42.4 Å². The van der Waals surface area contributed by atoms with E-state index in [1.54, 1.807) is 7.11 Å². The van der Waals surface area contributed by atoms with E-state index in [0.717, 1.165) is 30.1 Å². The van der Waals surface area contributed by atoms with Gasteiger partial charge in [-0.05, 0) is 37.5 Å². The van der Waals surface area contributed by atoms with Crippen molar-refractivity contribution in [3.63, 3.8) is 0 Å². The maximum atomic E-state index is 14.8. The Labute approximate surface area is 184 Å². The van der Waals surface area contributed by atoms with Crippen LogP contribution >= 0.6 is 0 Å². The average molecular weight is 440 g/mol. The van der Waals surface area contributed by atoms with E-state index in [-0.39, 0.29) is 11.8 Å². The molecule has 0 fully saturated rings. The van der Waals surface area contributed by atoms with Crippen LogP contribution in [0.4, 0.5) is 8.78 Å². The van der Waals surface area contributed by atoms with Gasteiger partial charge in [-0.2, -0.15) is 0 Å². The van der Waals surface area contributed by atoms with E-state index in [1.807, 2.05) is 18.2 Å². The first-order chi connectivity index (χ1) is 15.6. The van der Waals surface area contributed by atoms with Crippen LogP contribution in [-0.4, -0.2) is 30.3 Å². The molecule has 6 nitrogen and oxygen atoms in total. The molecule has 32 heavy (non-hydrogen) atoms. The largest absolute Gasteiger partial charge is 0.493 e. The molecule has 0 bridgehead atoms. The lowest BCUT2D eigenvalue weighted by Gasteiger charge is -2.17. The number of fused-ring (bicyclic) bond motifs is 2. The summed E-state index contributed by atoms with van der Waals surface area (Å²) < 4.78 is 50.7. The van der Waals surface area contributed by atoms with E-state index in [1.165, 1.54) is 12.1 Å². The lowest BCUT2D eigenvalue weighted by Crippen LogP contribution is -2.06. The fourth-order valence-corrected chi connectivity index (χ4v) is 4.30. The Morgan fingerprint density at radius 3 is 2.78 bits per heavy atom. The van der Waals surface area contributed by atoms with Crippen molar-refractivity contribution in [2.45, 2.75) is 31.3 Å². The van der Waals surface area contributed by atoms with Crippen LogP contribution in [0.3, 0.4) is 0 Å². The molecule has 3 aromatic rings. The van der Waals surface area contributed by atoms with E-state index in [2.05, 4.69) is 9.97 Å². The Kier molecular flexibility index (Phi) is 5.61. The molecule has 1 aliphatic heterocycles. The highest BCUT2D eigenvalue weighted by molar-refractivity contribution is 5.48. The number of methoxy groups -OCH3 is 1. The molecular weight excluding hydrogens is 418 g/mol. The second-order valence-electron chi connectivity index (χ2n) is 7.86. The predicted molar refractivity (Wildman–Crippen MR) is 111 cm³/mol. The van der Waals surface area contributed by atoms with E-state index >= 15 is 0 Å². The van der Waals surface area contributed by atoms with Gasteiger partial charge in [0.1, 0.15) is 29.2 Å². The number of hydrogen-bond donors (Lipinski definition) is 0. The molecule has 1 aromatic heterocycles. The first kappa shape index (κ1) is 20.6.